The van der Waals surface area contributed by atoms with E-state index in [1.807, 2.05) is 12.1 Å². The van der Waals surface area contributed by atoms with Crippen molar-refractivity contribution in [3.8, 4) is 5.88 Å². The zero-order valence-electron chi connectivity index (χ0n) is 11.1. The second-order valence-electron chi connectivity index (χ2n) is 5.19. The molecule has 2 heterocycles. The summed E-state index contributed by atoms with van der Waals surface area (Å²) in [6, 6.07) is 8.25. The van der Waals surface area contributed by atoms with Crippen LogP contribution in [0, 0.1) is 5.92 Å². The Balaban J connectivity index is 1.47. The Hall–Kier alpha value is -1.13. The molecule has 3 rings (SSSR count). The first-order valence-electron chi connectivity index (χ1n) is 7.11. The molecule has 0 radical (unpaired) electrons. The monoisotopic (exact) mass is 276 g/mol. The number of ether oxygens (including phenoxy) is 1. The Bertz CT molecular complexity index is 520. The zero-order chi connectivity index (χ0) is 12.9. The second-order valence-corrected chi connectivity index (χ2v) is 5.99. The molecular weight excluding hydrogens is 256 g/mol. The lowest BCUT2D eigenvalue weighted by atomic mass is 9.95. The van der Waals surface area contributed by atoms with Crippen molar-refractivity contribution in [3.63, 3.8) is 0 Å². The molecule has 1 aromatic carbocycles. The summed E-state index contributed by atoms with van der Waals surface area (Å²) in [6.07, 6.45) is 5.07. The molecule has 19 heavy (non-hydrogen) atoms. The first-order chi connectivity index (χ1) is 9.43. The molecular formula is C15H20N2OS. The van der Waals surface area contributed by atoms with E-state index < -0.39 is 0 Å². The van der Waals surface area contributed by atoms with Crippen molar-refractivity contribution >= 4 is 21.6 Å². The van der Waals surface area contributed by atoms with Crippen LogP contribution in [0.1, 0.15) is 25.7 Å². The molecule has 0 bridgehead atoms. The van der Waals surface area contributed by atoms with Gasteiger partial charge in [-0.1, -0.05) is 12.1 Å². The van der Waals surface area contributed by atoms with Gasteiger partial charge in [0.25, 0.3) is 0 Å². The van der Waals surface area contributed by atoms with Crippen molar-refractivity contribution in [2.45, 2.75) is 25.7 Å². The number of nitrogens with one attached hydrogen (secondary N) is 1. The topological polar surface area (TPSA) is 34.1 Å². The van der Waals surface area contributed by atoms with Gasteiger partial charge < -0.3 is 10.1 Å². The molecule has 1 saturated heterocycles. The van der Waals surface area contributed by atoms with Gasteiger partial charge >= 0.3 is 0 Å². The Kier molecular flexibility index (Phi) is 4.30. The maximum atomic E-state index is 5.83. The van der Waals surface area contributed by atoms with Crippen LogP contribution in [0.5, 0.6) is 5.88 Å². The minimum Gasteiger partial charge on any atom is -0.477 e. The summed E-state index contributed by atoms with van der Waals surface area (Å²) in [4.78, 5) is 0. The van der Waals surface area contributed by atoms with Crippen LogP contribution < -0.4 is 10.1 Å². The van der Waals surface area contributed by atoms with Gasteiger partial charge in [0.15, 0.2) is 0 Å². The third kappa shape index (κ3) is 3.25. The summed E-state index contributed by atoms with van der Waals surface area (Å²) in [5.41, 5.74) is 0. The van der Waals surface area contributed by atoms with Gasteiger partial charge in [-0.2, -0.15) is 4.37 Å². The molecule has 0 aliphatic carbocycles. The van der Waals surface area contributed by atoms with Crippen LogP contribution in [0.15, 0.2) is 24.3 Å². The molecule has 0 amide bonds. The van der Waals surface area contributed by atoms with Gasteiger partial charge in [-0.3, -0.25) is 0 Å². The summed E-state index contributed by atoms with van der Waals surface area (Å²) in [5, 5.41) is 4.61. The van der Waals surface area contributed by atoms with E-state index in [2.05, 4.69) is 21.8 Å². The highest BCUT2D eigenvalue weighted by Gasteiger charge is 2.12. The van der Waals surface area contributed by atoms with Crippen LogP contribution in [0.3, 0.4) is 0 Å². The fourth-order valence-electron chi connectivity index (χ4n) is 2.68. The highest BCUT2D eigenvalue weighted by atomic mass is 32.1. The normalized spacial score (nSPS) is 19.7. The number of hydrogen-bond donors (Lipinski definition) is 1. The van der Waals surface area contributed by atoms with Gasteiger partial charge in [-0.15, -0.1) is 0 Å². The molecule has 3 nitrogen and oxygen atoms in total. The Morgan fingerprint density at radius 3 is 3.21 bits per heavy atom. The first kappa shape index (κ1) is 12.9. The summed E-state index contributed by atoms with van der Waals surface area (Å²) in [5.74, 6) is 1.65. The quantitative estimate of drug-likeness (QED) is 0.849. The molecule has 1 aromatic heterocycles. The number of hydrogen-bond acceptors (Lipinski definition) is 4. The third-order valence-corrected chi connectivity index (χ3v) is 4.55. The lowest BCUT2D eigenvalue weighted by Crippen LogP contribution is -2.29. The van der Waals surface area contributed by atoms with Crippen LogP contribution in [0.4, 0.5) is 0 Å². The molecule has 0 unspecified atom stereocenters. The highest BCUT2D eigenvalue weighted by Crippen LogP contribution is 2.28. The van der Waals surface area contributed by atoms with Crippen molar-refractivity contribution in [1.29, 1.82) is 0 Å². The van der Waals surface area contributed by atoms with E-state index in [1.54, 1.807) is 0 Å². The van der Waals surface area contributed by atoms with Crippen molar-refractivity contribution < 1.29 is 4.74 Å². The molecule has 2 aromatic rings. The maximum Gasteiger partial charge on any atom is 0.233 e. The minimum atomic E-state index is 0.782. The first-order valence-corrected chi connectivity index (χ1v) is 7.89. The summed E-state index contributed by atoms with van der Waals surface area (Å²) < 4.78 is 11.4. The van der Waals surface area contributed by atoms with Crippen molar-refractivity contribution in [1.82, 2.24) is 9.69 Å². The van der Waals surface area contributed by atoms with E-state index in [1.165, 1.54) is 48.6 Å². The summed E-state index contributed by atoms with van der Waals surface area (Å²) >= 11 is 1.52. The number of aromatic nitrogens is 1. The summed E-state index contributed by atoms with van der Waals surface area (Å²) in [6.45, 7) is 3.15. The van der Waals surface area contributed by atoms with E-state index in [9.17, 15) is 0 Å². The van der Waals surface area contributed by atoms with Gasteiger partial charge in [0.1, 0.15) is 0 Å². The van der Waals surface area contributed by atoms with Crippen LogP contribution in [0.2, 0.25) is 0 Å². The molecule has 102 valence electrons. The SMILES string of the molecule is c1ccc2c(OCCC[C@H]3CCCNC3)nsc2c1. The van der Waals surface area contributed by atoms with Gasteiger partial charge in [0.2, 0.25) is 5.88 Å². The molecule has 1 aliphatic rings. The maximum absolute atomic E-state index is 5.83. The zero-order valence-corrected chi connectivity index (χ0v) is 11.9. The summed E-state index contributed by atoms with van der Waals surface area (Å²) in [7, 11) is 0. The van der Waals surface area contributed by atoms with Crippen molar-refractivity contribution in [2.24, 2.45) is 5.92 Å². The average molecular weight is 276 g/mol. The lowest BCUT2D eigenvalue weighted by Gasteiger charge is -2.22. The van der Waals surface area contributed by atoms with E-state index in [-0.39, 0.29) is 0 Å². The van der Waals surface area contributed by atoms with Gasteiger partial charge in [-0.05, 0) is 68.4 Å². The van der Waals surface area contributed by atoms with Crippen LogP contribution in [-0.2, 0) is 0 Å². The molecule has 1 fully saturated rings. The van der Waals surface area contributed by atoms with Crippen LogP contribution in [-0.4, -0.2) is 24.1 Å². The van der Waals surface area contributed by atoms with Crippen LogP contribution >= 0.6 is 11.5 Å². The van der Waals surface area contributed by atoms with Crippen molar-refractivity contribution in [3.05, 3.63) is 24.3 Å². The number of rotatable bonds is 5. The van der Waals surface area contributed by atoms with E-state index in [0.29, 0.717) is 0 Å². The van der Waals surface area contributed by atoms with Crippen molar-refractivity contribution in [2.75, 3.05) is 19.7 Å². The van der Waals surface area contributed by atoms with E-state index in [4.69, 9.17) is 4.74 Å². The smallest absolute Gasteiger partial charge is 0.233 e. The number of benzene rings is 1. The average Bonchev–Trinajstić information content (AvgIpc) is 2.88. The largest absolute Gasteiger partial charge is 0.477 e. The van der Waals surface area contributed by atoms with Gasteiger partial charge in [-0.25, -0.2) is 0 Å². The standard InChI is InChI=1S/C15H20N2OS/c1-2-8-14-13(7-1)15(17-19-14)18-10-4-6-12-5-3-9-16-11-12/h1-2,7-8,12,16H,3-6,9-11H2/t12-/m1/s1. The lowest BCUT2D eigenvalue weighted by molar-refractivity contribution is 0.272. The number of nitrogens with zero attached hydrogens (tertiary/aromatic N) is 1. The Labute approximate surface area is 118 Å². The van der Waals surface area contributed by atoms with Crippen LogP contribution in [0.25, 0.3) is 10.1 Å². The number of piperidine rings is 1. The third-order valence-electron chi connectivity index (χ3n) is 3.74. The fraction of sp³-hybridized carbons (Fsp3) is 0.533. The van der Waals surface area contributed by atoms with Gasteiger partial charge in [0.05, 0.1) is 16.7 Å². The van der Waals surface area contributed by atoms with Gasteiger partial charge in [0, 0.05) is 0 Å². The second kappa shape index (κ2) is 6.35. The highest BCUT2D eigenvalue weighted by molar-refractivity contribution is 7.13. The fourth-order valence-corrected chi connectivity index (χ4v) is 3.40. The minimum absolute atomic E-state index is 0.782. The molecule has 4 heteroatoms. The number of fused-ring (bicyclic) bond motifs is 1. The molecule has 1 atom stereocenters. The Morgan fingerprint density at radius 1 is 1.37 bits per heavy atom. The predicted molar refractivity (Wildman–Crippen MR) is 79.9 cm³/mol. The van der Waals surface area contributed by atoms with E-state index >= 15 is 0 Å². The predicted octanol–water partition coefficient (Wildman–Crippen LogP) is 3.45. The molecule has 0 spiro atoms. The molecule has 0 saturated carbocycles. The molecule has 1 aliphatic heterocycles. The molecule has 1 N–H and O–H groups in total. The van der Waals surface area contributed by atoms with E-state index in [0.717, 1.165) is 30.2 Å². The Morgan fingerprint density at radius 2 is 2.32 bits per heavy atom.